The lowest BCUT2D eigenvalue weighted by molar-refractivity contribution is -0.136. The summed E-state index contributed by atoms with van der Waals surface area (Å²) in [4.78, 5) is 14.5. The topological polar surface area (TPSA) is 77.7 Å². The van der Waals surface area contributed by atoms with Gasteiger partial charge >= 0.3 is 0 Å². The van der Waals surface area contributed by atoms with Crippen molar-refractivity contribution < 1.29 is 18.7 Å². The summed E-state index contributed by atoms with van der Waals surface area (Å²) >= 11 is 0. The number of hydrogen-bond acceptors (Lipinski definition) is 6. The van der Waals surface area contributed by atoms with Gasteiger partial charge in [-0.15, -0.1) is 10.2 Å². The second-order valence-electron chi connectivity index (χ2n) is 6.23. The molecule has 0 N–H and O–H groups in total. The minimum atomic E-state index is -0.363. The second kappa shape index (κ2) is 6.70. The first kappa shape index (κ1) is 16.0. The van der Waals surface area contributed by atoms with Gasteiger partial charge in [0, 0.05) is 12.5 Å². The number of morpholine rings is 1. The molecule has 7 nitrogen and oxygen atoms in total. The van der Waals surface area contributed by atoms with Crippen molar-refractivity contribution in [3.05, 3.63) is 23.1 Å². The number of aromatic nitrogens is 2. The summed E-state index contributed by atoms with van der Waals surface area (Å²) in [6, 6.07) is 0. The Kier molecular flexibility index (Phi) is 4.66. The van der Waals surface area contributed by atoms with Gasteiger partial charge in [-0.05, 0) is 19.8 Å². The molecule has 3 heterocycles. The highest BCUT2D eigenvalue weighted by Gasteiger charge is 2.32. The monoisotopic (exact) mass is 321 g/mol. The third kappa shape index (κ3) is 3.39. The first-order chi connectivity index (χ1) is 11.1. The molecule has 3 rings (SSSR count). The molecule has 1 saturated heterocycles. The lowest BCUT2D eigenvalue weighted by atomic mass is 10.1. The lowest BCUT2D eigenvalue weighted by Crippen LogP contribution is -2.43. The number of amides is 1. The Morgan fingerprint density at radius 1 is 1.30 bits per heavy atom. The summed E-state index contributed by atoms with van der Waals surface area (Å²) in [5.74, 6) is 1.97. The standard InChI is InChI=1S/C16H23N3O4/c1-10(2)14-17-18-15(23-14)13-9-19(6-8-22-13)16(20)12-5-4-7-21-11(12)3/h10,13H,4-9H2,1-3H3/t13-/m0/s1. The first-order valence-electron chi connectivity index (χ1n) is 8.13. The maximum atomic E-state index is 12.7. The minimum Gasteiger partial charge on any atom is -0.498 e. The predicted molar refractivity (Wildman–Crippen MR) is 81.5 cm³/mol. The van der Waals surface area contributed by atoms with Gasteiger partial charge in [0.05, 0.1) is 25.3 Å². The van der Waals surface area contributed by atoms with E-state index in [1.807, 2.05) is 20.8 Å². The maximum Gasteiger partial charge on any atom is 0.253 e. The van der Waals surface area contributed by atoms with Crippen LogP contribution < -0.4 is 0 Å². The van der Waals surface area contributed by atoms with E-state index >= 15 is 0 Å². The van der Waals surface area contributed by atoms with E-state index in [0.29, 0.717) is 38.1 Å². The van der Waals surface area contributed by atoms with Gasteiger partial charge in [0.1, 0.15) is 5.76 Å². The molecule has 0 aliphatic carbocycles. The number of carbonyl (C=O) groups excluding carboxylic acids is 1. The summed E-state index contributed by atoms with van der Waals surface area (Å²) < 4.78 is 16.9. The minimum absolute atomic E-state index is 0.0269. The van der Waals surface area contributed by atoms with Gasteiger partial charge in [-0.25, -0.2) is 0 Å². The number of hydrogen-bond donors (Lipinski definition) is 0. The number of nitrogens with zero attached hydrogens (tertiary/aromatic N) is 3. The van der Waals surface area contributed by atoms with Crippen LogP contribution >= 0.6 is 0 Å². The van der Waals surface area contributed by atoms with Gasteiger partial charge < -0.3 is 18.8 Å². The van der Waals surface area contributed by atoms with Crippen molar-refractivity contribution in [2.75, 3.05) is 26.3 Å². The second-order valence-corrected chi connectivity index (χ2v) is 6.23. The molecule has 0 radical (unpaired) electrons. The fourth-order valence-electron chi connectivity index (χ4n) is 2.78. The fourth-order valence-corrected chi connectivity index (χ4v) is 2.78. The fraction of sp³-hybridized carbons (Fsp3) is 0.688. The zero-order valence-corrected chi connectivity index (χ0v) is 13.9. The summed E-state index contributed by atoms with van der Waals surface area (Å²) in [7, 11) is 0. The molecule has 1 fully saturated rings. The van der Waals surface area contributed by atoms with Crippen LogP contribution in [0.4, 0.5) is 0 Å². The van der Waals surface area contributed by atoms with Gasteiger partial charge in [0.25, 0.3) is 5.91 Å². The van der Waals surface area contributed by atoms with E-state index < -0.39 is 0 Å². The van der Waals surface area contributed by atoms with Crippen LogP contribution in [0.1, 0.15) is 57.4 Å². The van der Waals surface area contributed by atoms with Crippen LogP contribution in [0.2, 0.25) is 0 Å². The molecule has 0 aromatic carbocycles. The van der Waals surface area contributed by atoms with E-state index in [4.69, 9.17) is 13.9 Å². The number of carbonyl (C=O) groups is 1. The number of allylic oxidation sites excluding steroid dienone is 1. The zero-order chi connectivity index (χ0) is 16.4. The molecule has 1 atom stereocenters. The van der Waals surface area contributed by atoms with Crippen molar-refractivity contribution in [2.24, 2.45) is 0 Å². The summed E-state index contributed by atoms with van der Waals surface area (Å²) in [5, 5.41) is 8.10. The van der Waals surface area contributed by atoms with Gasteiger partial charge in [0.15, 0.2) is 6.10 Å². The lowest BCUT2D eigenvalue weighted by Gasteiger charge is -2.33. The highest BCUT2D eigenvalue weighted by atomic mass is 16.5. The average molecular weight is 321 g/mol. The van der Waals surface area contributed by atoms with E-state index in [2.05, 4.69) is 10.2 Å². The van der Waals surface area contributed by atoms with Crippen LogP contribution in [0.15, 0.2) is 15.7 Å². The molecule has 2 aliphatic rings. The van der Waals surface area contributed by atoms with Crippen molar-refractivity contribution in [2.45, 2.75) is 45.6 Å². The van der Waals surface area contributed by atoms with Gasteiger partial charge in [-0.1, -0.05) is 13.8 Å². The van der Waals surface area contributed by atoms with Gasteiger partial charge in [0.2, 0.25) is 11.8 Å². The Bertz CT molecular complexity index is 608. The van der Waals surface area contributed by atoms with Crippen molar-refractivity contribution in [1.82, 2.24) is 15.1 Å². The van der Waals surface area contributed by atoms with Crippen LogP contribution in [0.3, 0.4) is 0 Å². The molecular formula is C16H23N3O4. The largest absolute Gasteiger partial charge is 0.498 e. The predicted octanol–water partition coefficient (Wildman–Crippen LogP) is 2.18. The van der Waals surface area contributed by atoms with E-state index in [1.165, 1.54) is 0 Å². The molecule has 0 bridgehead atoms. The average Bonchev–Trinajstić information content (AvgIpc) is 3.05. The van der Waals surface area contributed by atoms with Crippen LogP contribution in [0, 0.1) is 0 Å². The first-order valence-corrected chi connectivity index (χ1v) is 8.13. The van der Waals surface area contributed by atoms with Gasteiger partial charge in [-0.3, -0.25) is 4.79 Å². The molecule has 1 aromatic rings. The van der Waals surface area contributed by atoms with Crippen molar-refractivity contribution in [3.8, 4) is 0 Å². The smallest absolute Gasteiger partial charge is 0.253 e. The molecular weight excluding hydrogens is 298 g/mol. The van der Waals surface area contributed by atoms with E-state index in [1.54, 1.807) is 4.90 Å². The highest BCUT2D eigenvalue weighted by molar-refractivity contribution is 5.94. The Labute approximate surface area is 135 Å². The molecule has 126 valence electrons. The van der Waals surface area contributed by atoms with E-state index in [-0.39, 0.29) is 17.9 Å². The number of ether oxygens (including phenoxy) is 2. The van der Waals surface area contributed by atoms with Crippen molar-refractivity contribution in [1.29, 1.82) is 0 Å². The van der Waals surface area contributed by atoms with Crippen molar-refractivity contribution >= 4 is 5.91 Å². The summed E-state index contributed by atoms with van der Waals surface area (Å²) in [6.45, 7) is 7.99. The molecule has 0 unspecified atom stereocenters. The van der Waals surface area contributed by atoms with Crippen molar-refractivity contribution in [3.63, 3.8) is 0 Å². The highest BCUT2D eigenvalue weighted by Crippen LogP contribution is 2.26. The molecule has 7 heteroatoms. The maximum absolute atomic E-state index is 12.7. The molecule has 23 heavy (non-hydrogen) atoms. The quantitative estimate of drug-likeness (QED) is 0.849. The Morgan fingerprint density at radius 2 is 2.13 bits per heavy atom. The zero-order valence-electron chi connectivity index (χ0n) is 13.9. The number of rotatable bonds is 3. The Balaban J connectivity index is 1.71. The normalized spacial score (nSPS) is 22.4. The third-order valence-corrected chi connectivity index (χ3v) is 4.15. The molecule has 0 spiro atoms. The van der Waals surface area contributed by atoms with E-state index in [0.717, 1.165) is 24.2 Å². The Morgan fingerprint density at radius 3 is 2.83 bits per heavy atom. The van der Waals surface area contributed by atoms with E-state index in [9.17, 15) is 4.79 Å². The Hall–Kier alpha value is -1.89. The SMILES string of the molecule is CC1=C(C(=O)N2CCO[C@H](c3nnc(C(C)C)o3)C2)CCCO1. The molecule has 1 amide bonds. The van der Waals surface area contributed by atoms with Crippen LogP contribution in [-0.2, 0) is 14.3 Å². The van der Waals surface area contributed by atoms with Crippen LogP contribution in [0.5, 0.6) is 0 Å². The summed E-state index contributed by atoms with van der Waals surface area (Å²) in [5.41, 5.74) is 0.769. The van der Waals surface area contributed by atoms with Crippen LogP contribution in [0.25, 0.3) is 0 Å². The molecule has 2 aliphatic heterocycles. The third-order valence-electron chi connectivity index (χ3n) is 4.15. The van der Waals surface area contributed by atoms with Gasteiger partial charge in [-0.2, -0.15) is 0 Å². The van der Waals surface area contributed by atoms with Crippen LogP contribution in [-0.4, -0.2) is 47.3 Å². The summed E-state index contributed by atoms with van der Waals surface area (Å²) in [6.07, 6.45) is 1.29. The molecule has 1 aromatic heterocycles. The molecule has 0 saturated carbocycles.